The number of rotatable bonds is 1. The van der Waals surface area contributed by atoms with Crippen molar-refractivity contribution in [2.75, 3.05) is 12.4 Å². The van der Waals surface area contributed by atoms with Gasteiger partial charge in [-0.2, -0.15) is 0 Å². The SMILES string of the molecule is CNc1ccc2c(c1)CCC2O. The van der Waals surface area contributed by atoms with Crippen LogP contribution < -0.4 is 5.32 Å². The van der Waals surface area contributed by atoms with Crippen LogP contribution in [-0.4, -0.2) is 12.2 Å². The maximum Gasteiger partial charge on any atom is 0.0795 e. The van der Waals surface area contributed by atoms with E-state index >= 15 is 0 Å². The molecule has 2 N–H and O–H groups in total. The summed E-state index contributed by atoms with van der Waals surface area (Å²) >= 11 is 0. The maximum absolute atomic E-state index is 9.52. The average molecular weight is 163 g/mol. The molecule has 2 rings (SSSR count). The topological polar surface area (TPSA) is 32.3 Å². The van der Waals surface area contributed by atoms with Gasteiger partial charge in [-0.3, -0.25) is 0 Å². The number of nitrogens with one attached hydrogen (secondary N) is 1. The quantitative estimate of drug-likeness (QED) is 0.660. The molecule has 1 aromatic rings. The van der Waals surface area contributed by atoms with Gasteiger partial charge < -0.3 is 10.4 Å². The molecule has 1 unspecified atom stereocenters. The fourth-order valence-electron chi connectivity index (χ4n) is 1.75. The Morgan fingerprint density at radius 1 is 1.50 bits per heavy atom. The van der Waals surface area contributed by atoms with Gasteiger partial charge in [0.15, 0.2) is 0 Å². The van der Waals surface area contributed by atoms with Gasteiger partial charge >= 0.3 is 0 Å². The zero-order chi connectivity index (χ0) is 8.55. The molecule has 0 radical (unpaired) electrons. The molecule has 1 aliphatic rings. The van der Waals surface area contributed by atoms with Crippen LogP contribution in [0.4, 0.5) is 5.69 Å². The van der Waals surface area contributed by atoms with Gasteiger partial charge in [0.05, 0.1) is 6.10 Å². The van der Waals surface area contributed by atoms with Gasteiger partial charge in [0.1, 0.15) is 0 Å². The van der Waals surface area contributed by atoms with Crippen LogP contribution in [0.25, 0.3) is 0 Å². The van der Waals surface area contributed by atoms with Crippen molar-refractivity contribution in [3.05, 3.63) is 29.3 Å². The summed E-state index contributed by atoms with van der Waals surface area (Å²) in [5.74, 6) is 0. The van der Waals surface area contributed by atoms with Gasteiger partial charge in [-0.05, 0) is 36.1 Å². The molecule has 0 aromatic heterocycles. The molecule has 64 valence electrons. The van der Waals surface area contributed by atoms with E-state index in [1.54, 1.807) is 0 Å². The Labute approximate surface area is 72.2 Å². The van der Waals surface area contributed by atoms with Crippen LogP contribution >= 0.6 is 0 Å². The lowest BCUT2D eigenvalue weighted by molar-refractivity contribution is 0.180. The van der Waals surface area contributed by atoms with E-state index in [2.05, 4.69) is 11.4 Å². The van der Waals surface area contributed by atoms with E-state index in [0.29, 0.717) is 0 Å². The Kier molecular flexibility index (Phi) is 1.77. The fourth-order valence-corrected chi connectivity index (χ4v) is 1.75. The minimum Gasteiger partial charge on any atom is -0.388 e. The lowest BCUT2D eigenvalue weighted by Gasteiger charge is -2.05. The molecule has 1 aliphatic carbocycles. The van der Waals surface area contributed by atoms with E-state index in [9.17, 15) is 5.11 Å². The largest absolute Gasteiger partial charge is 0.388 e. The summed E-state index contributed by atoms with van der Waals surface area (Å²) in [6, 6.07) is 6.14. The third-order valence-electron chi connectivity index (χ3n) is 2.48. The molecule has 0 spiro atoms. The number of aliphatic hydroxyl groups is 1. The van der Waals surface area contributed by atoms with Gasteiger partial charge in [0, 0.05) is 12.7 Å². The van der Waals surface area contributed by atoms with Crippen molar-refractivity contribution < 1.29 is 5.11 Å². The first-order valence-electron chi connectivity index (χ1n) is 4.30. The zero-order valence-corrected chi connectivity index (χ0v) is 7.17. The van der Waals surface area contributed by atoms with E-state index in [4.69, 9.17) is 0 Å². The van der Waals surface area contributed by atoms with Crippen LogP contribution in [0.1, 0.15) is 23.7 Å². The van der Waals surface area contributed by atoms with Gasteiger partial charge in [0.2, 0.25) is 0 Å². The van der Waals surface area contributed by atoms with E-state index in [1.165, 1.54) is 5.56 Å². The zero-order valence-electron chi connectivity index (χ0n) is 7.17. The third-order valence-corrected chi connectivity index (χ3v) is 2.48. The molecule has 2 nitrogen and oxygen atoms in total. The van der Waals surface area contributed by atoms with E-state index < -0.39 is 0 Å². The number of fused-ring (bicyclic) bond motifs is 1. The highest BCUT2D eigenvalue weighted by molar-refractivity contribution is 5.50. The standard InChI is InChI=1S/C10H13NO/c1-11-8-3-4-9-7(6-8)2-5-10(9)12/h3-4,6,10-12H,2,5H2,1H3. The lowest BCUT2D eigenvalue weighted by Crippen LogP contribution is -1.92. The number of aryl methyl sites for hydroxylation is 1. The molecule has 1 atom stereocenters. The molecule has 0 heterocycles. The average Bonchev–Trinajstić information content (AvgIpc) is 2.47. The van der Waals surface area contributed by atoms with Gasteiger partial charge in [0.25, 0.3) is 0 Å². The molecular formula is C10H13NO. The van der Waals surface area contributed by atoms with Crippen LogP contribution in [0.2, 0.25) is 0 Å². The Hall–Kier alpha value is -1.02. The predicted octanol–water partition coefficient (Wildman–Crippen LogP) is 1.71. The van der Waals surface area contributed by atoms with Crippen LogP contribution in [0, 0.1) is 0 Å². The van der Waals surface area contributed by atoms with Crippen LogP contribution in [0.3, 0.4) is 0 Å². The summed E-state index contributed by atoms with van der Waals surface area (Å²) in [4.78, 5) is 0. The van der Waals surface area contributed by atoms with Gasteiger partial charge in [-0.25, -0.2) is 0 Å². The van der Waals surface area contributed by atoms with Crippen molar-refractivity contribution in [2.45, 2.75) is 18.9 Å². The highest BCUT2D eigenvalue weighted by Crippen LogP contribution is 2.32. The normalized spacial score (nSPS) is 20.7. The van der Waals surface area contributed by atoms with E-state index in [-0.39, 0.29) is 6.10 Å². The second-order valence-electron chi connectivity index (χ2n) is 3.22. The van der Waals surface area contributed by atoms with Crippen molar-refractivity contribution in [1.82, 2.24) is 0 Å². The highest BCUT2D eigenvalue weighted by atomic mass is 16.3. The van der Waals surface area contributed by atoms with E-state index in [0.717, 1.165) is 24.1 Å². The number of anilines is 1. The Balaban J connectivity index is 2.41. The number of hydrogen-bond acceptors (Lipinski definition) is 2. The van der Waals surface area contributed by atoms with Crippen molar-refractivity contribution in [1.29, 1.82) is 0 Å². The molecule has 0 saturated carbocycles. The first-order valence-corrected chi connectivity index (χ1v) is 4.30. The van der Waals surface area contributed by atoms with Gasteiger partial charge in [-0.1, -0.05) is 6.07 Å². The van der Waals surface area contributed by atoms with Crippen LogP contribution in [0.5, 0.6) is 0 Å². The molecule has 2 heteroatoms. The molecule has 0 fully saturated rings. The van der Waals surface area contributed by atoms with Crippen molar-refractivity contribution in [3.8, 4) is 0 Å². The minimum atomic E-state index is -0.231. The smallest absolute Gasteiger partial charge is 0.0795 e. The van der Waals surface area contributed by atoms with Crippen LogP contribution in [0.15, 0.2) is 18.2 Å². The van der Waals surface area contributed by atoms with Crippen molar-refractivity contribution in [3.63, 3.8) is 0 Å². The van der Waals surface area contributed by atoms with Gasteiger partial charge in [-0.15, -0.1) is 0 Å². The molecule has 1 aromatic carbocycles. The lowest BCUT2D eigenvalue weighted by atomic mass is 10.1. The molecule has 0 saturated heterocycles. The number of benzene rings is 1. The van der Waals surface area contributed by atoms with Crippen LogP contribution in [-0.2, 0) is 6.42 Å². The summed E-state index contributed by atoms with van der Waals surface area (Å²) in [7, 11) is 1.91. The number of aliphatic hydroxyl groups excluding tert-OH is 1. The third kappa shape index (κ3) is 1.08. The number of hydrogen-bond donors (Lipinski definition) is 2. The maximum atomic E-state index is 9.52. The monoisotopic (exact) mass is 163 g/mol. The molecule has 12 heavy (non-hydrogen) atoms. The van der Waals surface area contributed by atoms with E-state index in [1.807, 2.05) is 19.2 Å². The molecule has 0 bridgehead atoms. The molecule has 0 aliphatic heterocycles. The second-order valence-corrected chi connectivity index (χ2v) is 3.22. The summed E-state index contributed by atoms with van der Waals surface area (Å²) in [6.45, 7) is 0. The summed E-state index contributed by atoms with van der Waals surface area (Å²) in [5.41, 5.74) is 3.52. The first kappa shape index (κ1) is 7.62. The molecule has 0 amide bonds. The Morgan fingerprint density at radius 3 is 3.08 bits per heavy atom. The Bertz CT molecular complexity index is 296. The second kappa shape index (κ2) is 2.79. The predicted molar refractivity (Wildman–Crippen MR) is 49.3 cm³/mol. The molecular weight excluding hydrogens is 150 g/mol. The fraction of sp³-hybridized carbons (Fsp3) is 0.400. The minimum absolute atomic E-state index is 0.231. The first-order chi connectivity index (χ1) is 5.81. The highest BCUT2D eigenvalue weighted by Gasteiger charge is 2.19. The summed E-state index contributed by atoms with van der Waals surface area (Å²) in [5, 5.41) is 12.6. The Morgan fingerprint density at radius 2 is 2.33 bits per heavy atom. The summed E-state index contributed by atoms with van der Waals surface area (Å²) < 4.78 is 0. The van der Waals surface area contributed by atoms with Crippen molar-refractivity contribution >= 4 is 5.69 Å². The summed E-state index contributed by atoms with van der Waals surface area (Å²) in [6.07, 6.45) is 1.65. The van der Waals surface area contributed by atoms with Crippen molar-refractivity contribution in [2.24, 2.45) is 0 Å².